The molecule has 1 aromatic heterocycles. The largest absolute Gasteiger partial charge is 0.416 e. The summed E-state index contributed by atoms with van der Waals surface area (Å²) in [7, 11) is -2.40. The maximum absolute atomic E-state index is 13.7. The van der Waals surface area contributed by atoms with Crippen molar-refractivity contribution in [3.8, 4) is 11.1 Å². The van der Waals surface area contributed by atoms with Gasteiger partial charge in [0.15, 0.2) is 0 Å². The first-order valence-corrected chi connectivity index (χ1v) is 15.7. The Morgan fingerprint density at radius 3 is 2.29 bits per heavy atom. The molecular formula is C32H33F3N6O3S. The van der Waals surface area contributed by atoms with Crippen LogP contribution in [0.15, 0.2) is 96.2 Å². The molecule has 0 unspecified atom stereocenters. The number of piperazine rings is 1. The van der Waals surface area contributed by atoms with Crippen LogP contribution < -0.4 is 15.4 Å². The van der Waals surface area contributed by atoms with Crippen LogP contribution in [0.2, 0.25) is 0 Å². The van der Waals surface area contributed by atoms with Gasteiger partial charge in [-0.15, -0.1) is 0 Å². The molecule has 0 spiro atoms. The molecule has 1 saturated heterocycles. The highest BCUT2D eigenvalue weighted by molar-refractivity contribution is 7.92. The molecule has 236 valence electrons. The van der Waals surface area contributed by atoms with Crippen molar-refractivity contribution in [2.24, 2.45) is 0 Å². The minimum atomic E-state index is -4.74. The Morgan fingerprint density at radius 2 is 1.60 bits per heavy atom. The number of urea groups is 1. The minimum Gasteiger partial charge on any atom is -0.334 e. The maximum Gasteiger partial charge on any atom is 0.416 e. The van der Waals surface area contributed by atoms with Crippen molar-refractivity contribution >= 4 is 27.4 Å². The fourth-order valence-electron chi connectivity index (χ4n) is 4.95. The van der Waals surface area contributed by atoms with Crippen molar-refractivity contribution < 1.29 is 26.4 Å². The van der Waals surface area contributed by atoms with E-state index in [9.17, 15) is 26.4 Å². The lowest BCUT2D eigenvalue weighted by Crippen LogP contribution is -2.43. The van der Waals surface area contributed by atoms with Crippen LogP contribution in [-0.2, 0) is 29.3 Å². The van der Waals surface area contributed by atoms with Gasteiger partial charge in [0.05, 0.1) is 10.5 Å². The molecule has 0 atom stereocenters. The summed E-state index contributed by atoms with van der Waals surface area (Å²) in [6, 6.07) is 18.8. The second kappa shape index (κ2) is 13.7. The van der Waals surface area contributed by atoms with Gasteiger partial charge < -0.3 is 15.5 Å². The number of pyridine rings is 1. The lowest BCUT2D eigenvalue weighted by molar-refractivity contribution is -0.137. The van der Waals surface area contributed by atoms with Gasteiger partial charge in [-0.2, -0.15) is 13.2 Å². The monoisotopic (exact) mass is 638 g/mol. The van der Waals surface area contributed by atoms with Crippen LogP contribution in [0, 0.1) is 0 Å². The standard InChI is InChI=1S/C32H33F3N6O3S/c1-40-14-16-41(17-15-40)22-23-4-2-6-25(18-23)29-12-7-26(32(33,34)35)19-30(29)45(43,44)39-28-10-8-27(9-11-28)38-31(42)37-21-24-5-3-13-36-20-24/h2-13,18-20,39H,14-17,21-22H2,1H3,(H2,37,38,42). The first kappa shape index (κ1) is 31.9. The molecule has 4 aromatic rings. The van der Waals surface area contributed by atoms with Gasteiger partial charge in [-0.1, -0.05) is 30.3 Å². The molecule has 5 rings (SSSR count). The molecule has 3 aromatic carbocycles. The minimum absolute atomic E-state index is 0.114. The van der Waals surface area contributed by atoms with E-state index >= 15 is 0 Å². The first-order valence-electron chi connectivity index (χ1n) is 14.2. The summed E-state index contributed by atoms with van der Waals surface area (Å²) in [4.78, 5) is 20.3. The summed E-state index contributed by atoms with van der Waals surface area (Å²) in [6.07, 6.45) is -1.49. The van der Waals surface area contributed by atoms with E-state index in [1.54, 1.807) is 30.6 Å². The number of amides is 2. The summed E-state index contributed by atoms with van der Waals surface area (Å²) in [5.41, 5.74) is 1.82. The van der Waals surface area contributed by atoms with Crippen LogP contribution in [0.25, 0.3) is 11.1 Å². The zero-order valence-electron chi connectivity index (χ0n) is 24.5. The van der Waals surface area contributed by atoms with E-state index in [-0.39, 0.29) is 17.8 Å². The molecule has 45 heavy (non-hydrogen) atoms. The number of benzene rings is 3. The van der Waals surface area contributed by atoms with E-state index in [2.05, 4.69) is 37.2 Å². The number of anilines is 2. The number of alkyl halides is 3. The van der Waals surface area contributed by atoms with Crippen molar-refractivity contribution in [2.45, 2.75) is 24.2 Å². The third-order valence-electron chi connectivity index (χ3n) is 7.41. The van der Waals surface area contributed by atoms with Crippen molar-refractivity contribution in [2.75, 3.05) is 43.3 Å². The number of carbonyl (C=O) groups excluding carboxylic acids is 1. The van der Waals surface area contributed by atoms with E-state index in [4.69, 9.17) is 0 Å². The van der Waals surface area contributed by atoms with Crippen molar-refractivity contribution in [1.82, 2.24) is 20.1 Å². The quantitative estimate of drug-likeness (QED) is 0.219. The molecule has 0 bridgehead atoms. The van der Waals surface area contributed by atoms with E-state index in [1.165, 1.54) is 30.3 Å². The summed E-state index contributed by atoms with van der Waals surface area (Å²) in [6.45, 7) is 4.54. The van der Waals surface area contributed by atoms with Gasteiger partial charge in [0.25, 0.3) is 10.0 Å². The lowest BCUT2D eigenvalue weighted by atomic mass is 10.0. The highest BCUT2D eigenvalue weighted by Crippen LogP contribution is 2.36. The van der Waals surface area contributed by atoms with Crippen LogP contribution >= 0.6 is 0 Å². The molecule has 1 fully saturated rings. The molecular weight excluding hydrogens is 605 g/mol. The number of hydrogen-bond donors (Lipinski definition) is 3. The number of likely N-dealkylation sites (N-methyl/N-ethyl adjacent to an activating group) is 1. The van der Waals surface area contributed by atoms with E-state index < -0.39 is 32.7 Å². The topological polar surface area (TPSA) is 107 Å². The van der Waals surface area contributed by atoms with Crippen LogP contribution in [0.3, 0.4) is 0 Å². The zero-order valence-corrected chi connectivity index (χ0v) is 25.3. The number of hydrogen-bond acceptors (Lipinski definition) is 6. The average molecular weight is 639 g/mol. The Bertz CT molecular complexity index is 1730. The summed E-state index contributed by atoms with van der Waals surface area (Å²) in [5, 5.41) is 5.34. The molecule has 2 heterocycles. The fraction of sp³-hybridized carbons (Fsp3) is 0.250. The van der Waals surface area contributed by atoms with Gasteiger partial charge in [-0.25, -0.2) is 13.2 Å². The van der Waals surface area contributed by atoms with Crippen LogP contribution in [0.4, 0.5) is 29.3 Å². The Kier molecular flexibility index (Phi) is 9.71. The maximum atomic E-state index is 13.7. The lowest BCUT2D eigenvalue weighted by Gasteiger charge is -2.32. The third-order valence-corrected chi connectivity index (χ3v) is 8.83. The van der Waals surface area contributed by atoms with Crippen molar-refractivity contribution in [3.63, 3.8) is 0 Å². The molecule has 3 N–H and O–H groups in total. The van der Waals surface area contributed by atoms with Crippen LogP contribution in [-0.4, -0.2) is 62.5 Å². The normalized spacial score (nSPS) is 14.6. The van der Waals surface area contributed by atoms with E-state index in [0.29, 0.717) is 23.9 Å². The fourth-order valence-corrected chi connectivity index (χ4v) is 6.27. The molecule has 2 amide bonds. The van der Waals surface area contributed by atoms with Crippen LogP contribution in [0.5, 0.6) is 0 Å². The van der Waals surface area contributed by atoms with Gasteiger partial charge in [0, 0.05) is 68.6 Å². The number of nitrogens with zero attached hydrogens (tertiary/aromatic N) is 3. The molecule has 1 aliphatic rings. The summed E-state index contributed by atoms with van der Waals surface area (Å²) >= 11 is 0. The average Bonchev–Trinajstić information content (AvgIpc) is 3.02. The molecule has 0 aliphatic carbocycles. The summed E-state index contributed by atoms with van der Waals surface area (Å²) < 4.78 is 70.7. The number of sulfonamides is 1. The predicted molar refractivity (Wildman–Crippen MR) is 167 cm³/mol. The third kappa shape index (κ3) is 8.59. The smallest absolute Gasteiger partial charge is 0.334 e. The number of aromatic nitrogens is 1. The van der Waals surface area contributed by atoms with Gasteiger partial charge in [0.2, 0.25) is 0 Å². The van der Waals surface area contributed by atoms with Gasteiger partial charge >= 0.3 is 12.2 Å². The number of halogens is 3. The molecule has 0 radical (unpaired) electrons. The van der Waals surface area contributed by atoms with Gasteiger partial charge in [0.1, 0.15) is 0 Å². The van der Waals surface area contributed by atoms with Crippen molar-refractivity contribution in [1.29, 1.82) is 0 Å². The number of nitrogens with one attached hydrogen (secondary N) is 3. The van der Waals surface area contributed by atoms with Gasteiger partial charge in [-0.05, 0) is 72.3 Å². The highest BCUT2D eigenvalue weighted by atomic mass is 32.2. The molecule has 0 saturated carbocycles. The van der Waals surface area contributed by atoms with Gasteiger partial charge in [-0.3, -0.25) is 14.6 Å². The Labute approximate surface area is 260 Å². The predicted octanol–water partition coefficient (Wildman–Crippen LogP) is 5.64. The molecule has 13 heteroatoms. The van der Waals surface area contributed by atoms with Crippen LogP contribution in [0.1, 0.15) is 16.7 Å². The molecule has 9 nitrogen and oxygen atoms in total. The first-order chi connectivity index (χ1) is 21.5. The second-order valence-corrected chi connectivity index (χ2v) is 12.5. The SMILES string of the molecule is CN1CCN(Cc2cccc(-c3ccc(C(F)(F)F)cc3S(=O)(=O)Nc3ccc(NC(=O)NCc4cccnc4)cc3)c2)CC1. The summed E-state index contributed by atoms with van der Waals surface area (Å²) in [5.74, 6) is 0. The Hall–Kier alpha value is -4.46. The van der Waals surface area contributed by atoms with E-state index in [0.717, 1.165) is 43.4 Å². The molecule has 1 aliphatic heterocycles. The highest BCUT2D eigenvalue weighted by Gasteiger charge is 2.33. The zero-order chi connectivity index (χ0) is 32.0. The Balaban J connectivity index is 1.34. The second-order valence-electron chi connectivity index (χ2n) is 10.8. The van der Waals surface area contributed by atoms with Crippen molar-refractivity contribution in [3.05, 3.63) is 108 Å². The van der Waals surface area contributed by atoms with E-state index in [1.807, 2.05) is 18.2 Å². The number of carbonyl (C=O) groups is 1. The Morgan fingerprint density at radius 1 is 0.889 bits per heavy atom. The number of rotatable bonds is 9.